The van der Waals surface area contributed by atoms with Crippen LogP contribution in [0, 0.1) is 5.82 Å². The van der Waals surface area contributed by atoms with Gasteiger partial charge in [0.25, 0.3) is 5.91 Å². The van der Waals surface area contributed by atoms with Crippen molar-refractivity contribution in [2.24, 2.45) is 0 Å². The number of nitrogens with zero attached hydrogens (tertiary/aromatic N) is 1. The van der Waals surface area contributed by atoms with Crippen molar-refractivity contribution >= 4 is 11.9 Å². The summed E-state index contributed by atoms with van der Waals surface area (Å²) in [6, 6.07) is 8.66. The second-order valence-corrected chi connectivity index (χ2v) is 4.05. The lowest BCUT2D eigenvalue weighted by atomic mass is 10.1. The molecule has 1 aromatic carbocycles. The van der Waals surface area contributed by atoms with Crippen molar-refractivity contribution < 1.29 is 19.1 Å². The minimum atomic E-state index is -1.03. The maximum atomic E-state index is 12.7. The molecule has 6 heteroatoms. The number of aromatic carboxylic acids is 1. The average molecular weight is 274 g/mol. The molecular formula is C14H11FN2O3. The van der Waals surface area contributed by atoms with Gasteiger partial charge in [0.15, 0.2) is 0 Å². The monoisotopic (exact) mass is 274 g/mol. The fourth-order valence-corrected chi connectivity index (χ4v) is 1.60. The summed E-state index contributed by atoms with van der Waals surface area (Å²) < 4.78 is 12.7. The Hall–Kier alpha value is -2.76. The Balaban J connectivity index is 2.01. The zero-order valence-corrected chi connectivity index (χ0v) is 10.3. The first-order chi connectivity index (χ1) is 9.56. The smallest absolute Gasteiger partial charge is 0.335 e. The van der Waals surface area contributed by atoms with E-state index in [0.717, 1.165) is 12.3 Å². The number of halogens is 1. The average Bonchev–Trinajstić information content (AvgIpc) is 2.46. The molecule has 0 bridgehead atoms. The second kappa shape index (κ2) is 5.92. The number of aromatic nitrogens is 1. The van der Waals surface area contributed by atoms with E-state index in [-0.39, 0.29) is 17.8 Å². The first-order valence-corrected chi connectivity index (χ1v) is 5.78. The normalized spacial score (nSPS) is 10.1. The van der Waals surface area contributed by atoms with E-state index in [0.29, 0.717) is 5.56 Å². The Bertz CT molecular complexity index is 641. The zero-order chi connectivity index (χ0) is 14.5. The summed E-state index contributed by atoms with van der Waals surface area (Å²) in [6.45, 7) is 0.166. The minimum Gasteiger partial charge on any atom is -0.478 e. The number of carbonyl (C=O) groups is 2. The van der Waals surface area contributed by atoms with Gasteiger partial charge in [-0.3, -0.25) is 4.79 Å². The minimum absolute atomic E-state index is 0.0980. The fourth-order valence-electron chi connectivity index (χ4n) is 1.60. The topological polar surface area (TPSA) is 79.3 Å². The molecule has 2 aromatic rings. The highest BCUT2D eigenvalue weighted by molar-refractivity contribution is 5.92. The highest BCUT2D eigenvalue weighted by atomic mass is 19.1. The molecule has 0 aliphatic carbocycles. The van der Waals surface area contributed by atoms with Crippen LogP contribution in [0.1, 0.15) is 26.4 Å². The third-order valence-electron chi connectivity index (χ3n) is 2.59. The van der Waals surface area contributed by atoms with Crippen molar-refractivity contribution in [3.05, 3.63) is 65.2 Å². The quantitative estimate of drug-likeness (QED) is 0.891. The maximum Gasteiger partial charge on any atom is 0.335 e. The van der Waals surface area contributed by atoms with Crippen LogP contribution in [0.2, 0.25) is 0 Å². The van der Waals surface area contributed by atoms with Crippen molar-refractivity contribution in [1.29, 1.82) is 0 Å². The largest absolute Gasteiger partial charge is 0.478 e. The number of benzene rings is 1. The lowest BCUT2D eigenvalue weighted by molar-refractivity contribution is 0.0696. The van der Waals surface area contributed by atoms with Crippen molar-refractivity contribution in [2.75, 3.05) is 0 Å². The van der Waals surface area contributed by atoms with Crippen LogP contribution in [0.5, 0.6) is 0 Å². The molecule has 0 spiro atoms. The van der Waals surface area contributed by atoms with Gasteiger partial charge in [0.2, 0.25) is 0 Å². The number of rotatable bonds is 4. The molecular weight excluding hydrogens is 263 g/mol. The molecule has 0 aliphatic rings. The molecule has 5 nitrogen and oxygen atoms in total. The van der Waals surface area contributed by atoms with E-state index in [2.05, 4.69) is 10.3 Å². The Morgan fingerprint density at radius 3 is 2.70 bits per heavy atom. The Morgan fingerprint density at radius 2 is 2.05 bits per heavy atom. The van der Waals surface area contributed by atoms with Crippen molar-refractivity contribution in [2.45, 2.75) is 6.54 Å². The van der Waals surface area contributed by atoms with Crippen molar-refractivity contribution in [3.63, 3.8) is 0 Å². The van der Waals surface area contributed by atoms with Gasteiger partial charge in [-0.15, -0.1) is 0 Å². The molecule has 0 radical (unpaired) electrons. The van der Waals surface area contributed by atoms with Gasteiger partial charge in [0, 0.05) is 6.54 Å². The van der Waals surface area contributed by atoms with Gasteiger partial charge < -0.3 is 10.4 Å². The number of hydrogen-bond acceptors (Lipinski definition) is 3. The maximum absolute atomic E-state index is 12.7. The van der Waals surface area contributed by atoms with Crippen LogP contribution >= 0.6 is 0 Å². The third kappa shape index (κ3) is 3.38. The van der Waals surface area contributed by atoms with Crippen molar-refractivity contribution in [1.82, 2.24) is 10.3 Å². The molecule has 0 fully saturated rings. The third-order valence-corrected chi connectivity index (χ3v) is 2.59. The number of carbonyl (C=O) groups excluding carboxylic acids is 1. The van der Waals surface area contributed by atoms with E-state index in [1.54, 1.807) is 12.1 Å². The van der Waals surface area contributed by atoms with Gasteiger partial charge in [-0.05, 0) is 29.8 Å². The Labute approximate surface area is 114 Å². The molecule has 20 heavy (non-hydrogen) atoms. The molecule has 2 N–H and O–H groups in total. The summed E-state index contributed by atoms with van der Waals surface area (Å²) in [5, 5.41) is 11.4. The number of hydrogen-bond donors (Lipinski definition) is 2. The molecule has 0 atom stereocenters. The van der Waals surface area contributed by atoms with Crippen molar-refractivity contribution in [3.8, 4) is 0 Å². The lowest BCUT2D eigenvalue weighted by Gasteiger charge is -2.05. The first kappa shape index (κ1) is 13.7. The fraction of sp³-hybridized carbons (Fsp3) is 0.0714. The van der Waals surface area contributed by atoms with Gasteiger partial charge in [-0.25, -0.2) is 14.2 Å². The van der Waals surface area contributed by atoms with Crippen LogP contribution < -0.4 is 5.32 Å². The molecule has 0 unspecified atom stereocenters. The molecule has 0 aliphatic heterocycles. The van der Waals surface area contributed by atoms with Gasteiger partial charge in [0.05, 0.1) is 11.8 Å². The molecule has 2 rings (SSSR count). The summed E-state index contributed by atoms with van der Waals surface area (Å²) >= 11 is 0. The highest BCUT2D eigenvalue weighted by Gasteiger charge is 2.08. The number of nitrogens with one attached hydrogen (secondary N) is 1. The SMILES string of the molecule is O=C(O)c1cccc(CNC(=O)c2ccc(F)cn2)c1. The van der Waals surface area contributed by atoms with E-state index < -0.39 is 17.7 Å². The van der Waals surface area contributed by atoms with Gasteiger partial charge in [-0.1, -0.05) is 12.1 Å². The van der Waals surface area contributed by atoms with Crippen LogP contribution in [-0.2, 0) is 6.54 Å². The van der Waals surface area contributed by atoms with Gasteiger partial charge >= 0.3 is 5.97 Å². The number of carboxylic acid groups (broad SMARTS) is 1. The summed E-state index contributed by atoms with van der Waals surface area (Å²) in [5.74, 6) is -2.00. The van der Waals surface area contributed by atoms with Crippen LogP contribution in [0.25, 0.3) is 0 Å². The van der Waals surface area contributed by atoms with E-state index in [9.17, 15) is 14.0 Å². The van der Waals surface area contributed by atoms with Gasteiger partial charge in [-0.2, -0.15) is 0 Å². The van der Waals surface area contributed by atoms with Crippen LogP contribution in [0.3, 0.4) is 0 Å². The lowest BCUT2D eigenvalue weighted by Crippen LogP contribution is -2.23. The predicted molar refractivity (Wildman–Crippen MR) is 68.8 cm³/mol. The predicted octanol–water partition coefficient (Wildman–Crippen LogP) is 1.85. The second-order valence-electron chi connectivity index (χ2n) is 4.05. The van der Waals surface area contributed by atoms with Crippen LogP contribution in [0.15, 0.2) is 42.6 Å². The molecule has 102 valence electrons. The number of carboxylic acids is 1. The van der Waals surface area contributed by atoms with E-state index in [1.807, 2.05) is 0 Å². The number of pyridine rings is 1. The zero-order valence-electron chi connectivity index (χ0n) is 10.3. The molecule has 0 saturated heterocycles. The van der Waals surface area contributed by atoms with E-state index in [4.69, 9.17) is 5.11 Å². The summed E-state index contributed by atoms with van der Waals surface area (Å²) in [6.07, 6.45) is 0.958. The highest BCUT2D eigenvalue weighted by Crippen LogP contribution is 2.05. The molecule has 0 saturated carbocycles. The van der Waals surface area contributed by atoms with E-state index in [1.165, 1.54) is 18.2 Å². The standard InChI is InChI=1S/C14H11FN2O3/c15-11-4-5-12(16-8-11)13(18)17-7-9-2-1-3-10(6-9)14(19)20/h1-6,8H,7H2,(H,17,18)(H,19,20). The summed E-state index contributed by atoms with van der Waals surface area (Å²) in [4.78, 5) is 26.2. The molecule has 1 amide bonds. The number of amides is 1. The van der Waals surface area contributed by atoms with Crippen LogP contribution in [0.4, 0.5) is 4.39 Å². The first-order valence-electron chi connectivity index (χ1n) is 5.78. The summed E-state index contributed by atoms with van der Waals surface area (Å²) in [5.41, 5.74) is 0.901. The Kier molecular flexibility index (Phi) is 4.05. The molecule has 1 heterocycles. The van der Waals surface area contributed by atoms with E-state index >= 15 is 0 Å². The Morgan fingerprint density at radius 1 is 1.25 bits per heavy atom. The van der Waals surface area contributed by atoms with Crippen LogP contribution in [-0.4, -0.2) is 22.0 Å². The summed E-state index contributed by atoms with van der Waals surface area (Å²) in [7, 11) is 0. The van der Waals surface area contributed by atoms with Gasteiger partial charge in [0.1, 0.15) is 11.5 Å². The molecule has 1 aromatic heterocycles.